The van der Waals surface area contributed by atoms with E-state index in [1.807, 2.05) is 18.2 Å². The quantitative estimate of drug-likeness (QED) is 0.821. The first-order valence-corrected chi connectivity index (χ1v) is 8.54. The van der Waals surface area contributed by atoms with Gasteiger partial charge in [0.1, 0.15) is 5.69 Å². The van der Waals surface area contributed by atoms with Crippen LogP contribution in [0.2, 0.25) is 0 Å². The molecule has 1 atom stereocenters. The monoisotopic (exact) mass is 341 g/mol. The molecular formula is C18H23N5O2. The first-order chi connectivity index (χ1) is 12.1. The van der Waals surface area contributed by atoms with E-state index in [9.17, 15) is 9.59 Å². The summed E-state index contributed by atoms with van der Waals surface area (Å²) < 4.78 is 1.41. The van der Waals surface area contributed by atoms with Crippen molar-refractivity contribution in [3.8, 4) is 5.69 Å². The van der Waals surface area contributed by atoms with E-state index in [-0.39, 0.29) is 17.3 Å². The molecule has 2 amide bonds. The second-order valence-corrected chi connectivity index (χ2v) is 6.28. The normalized spacial score (nSPS) is 17.6. The van der Waals surface area contributed by atoms with Gasteiger partial charge >= 0.3 is 0 Å². The maximum Gasteiger partial charge on any atom is 0.271 e. The molecule has 2 heterocycles. The average molecular weight is 341 g/mol. The van der Waals surface area contributed by atoms with Crippen molar-refractivity contribution in [3.63, 3.8) is 0 Å². The Morgan fingerprint density at radius 3 is 2.72 bits per heavy atom. The number of aromatic nitrogens is 2. The number of nitrogens with two attached hydrogens (primary N) is 1. The molecule has 3 rings (SSSR count). The third-order valence-corrected chi connectivity index (χ3v) is 4.56. The van der Waals surface area contributed by atoms with Crippen LogP contribution in [-0.2, 0) is 0 Å². The summed E-state index contributed by atoms with van der Waals surface area (Å²) in [5.74, 6) is -0.451. The van der Waals surface area contributed by atoms with Gasteiger partial charge in [0, 0.05) is 19.2 Å². The topological polar surface area (TPSA) is 93.3 Å². The van der Waals surface area contributed by atoms with Gasteiger partial charge in [0.25, 0.3) is 11.8 Å². The minimum absolute atomic E-state index is 0.189. The van der Waals surface area contributed by atoms with Crippen molar-refractivity contribution in [3.05, 3.63) is 47.8 Å². The van der Waals surface area contributed by atoms with E-state index in [2.05, 4.69) is 22.2 Å². The average Bonchev–Trinajstić information content (AvgIpc) is 3.27. The second-order valence-electron chi connectivity index (χ2n) is 6.28. The summed E-state index contributed by atoms with van der Waals surface area (Å²) >= 11 is 0. The van der Waals surface area contributed by atoms with Crippen LogP contribution in [0.1, 0.15) is 34.3 Å². The van der Waals surface area contributed by atoms with E-state index >= 15 is 0 Å². The maximum absolute atomic E-state index is 12.4. The number of carbonyl (C=O) groups is 2. The van der Waals surface area contributed by atoms with E-state index in [1.54, 1.807) is 12.1 Å². The van der Waals surface area contributed by atoms with E-state index in [0.29, 0.717) is 18.2 Å². The number of rotatable bonds is 6. The fourth-order valence-electron chi connectivity index (χ4n) is 3.13. The zero-order valence-electron chi connectivity index (χ0n) is 14.3. The molecule has 0 radical (unpaired) electrons. The summed E-state index contributed by atoms with van der Waals surface area (Å²) in [6, 6.07) is 10.6. The molecule has 132 valence electrons. The van der Waals surface area contributed by atoms with Crippen LogP contribution in [0.5, 0.6) is 0 Å². The summed E-state index contributed by atoms with van der Waals surface area (Å²) in [4.78, 5) is 26.5. The predicted octanol–water partition coefficient (Wildman–Crippen LogP) is 1.04. The molecule has 1 saturated heterocycles. The van der Waals surface area contributed by atoms with Gasteiger partial charge in [-0.05, 0) is 37.6 Å². The number of likely N-dealkylation sites (tertiary alicyclic amines) is 1. The summed E-state index contributed by atoms with van der Waals surface area (Å²) in [6.45, 7) is 5.86. The SMILES string of the molecule is CCN1CCC(CNC(=O)c2cc(C(N)=O)n(-c3ccccc3)n2)C1. The van der Waals surface area contributed by atoms with Gasteiger partial charge in [-0.1, -0.05) is 25.1 Å². The molecule has 1 fully saturated rings. The van der Waals surface area contributed by atoms with Crippen molar-refractivity contribution in [2.45, 2.75) is 13.3 Å². The Kier molecular flexibility index (Phi) is 5.14. The molecule has 1 aromatic carbocycles. The first-order valence-electron chi connectivity index (χ1n) is 8.54. The van der Waals surface area contributed by atoms with Gasteiger partial charge in [-0.15, -0.1) is 0 Å². The van der Waals surface area contributed by atoms with Crippen LogP contribution in [0.4, 0.5) is 0 Å². The van der Waals surface area contributed by atoms with Gasteiger partial charge in [0.05, 0.1) is 5.69 Å². The van der Waals surface area contributed by atoms with Crippen LogP contribution >= 0.6 is 0 Å². The molecule has 0 spiro atoms. The van der Waals surface area contributed by atoms with Crippen molar-refractivity contribution in [1.82, 2.24) is 20.0 Å². The lowest BCUT2D eigenvalue weighted by Gasteiger charge is -2.13. The van der Waals surface area contributed by atoms with E-state index in [4.69, 9.17) is 5.73 Å². The van der Waals surface area contributed by atoms with Crippen LogP contribution in [0.3, 0.4) is 0 Å². The lowest BCUT2D eigenvalue weighted by atomic mass is 10.1. The Balaban J connectivity index is 1.72. The molecule has 1 aliphatic rings. The van der Waals surface area contributed by atoms with Crippen LogP contribution in [0.25, 0.3) is 5.69 Å². The largest absolute Gasteiger partial charge is 0.364 e. The molecule has 25 heavy (non-hydrogen) atoms. The fraction of sp³-hybridized carbons (Fsp3) is 0.389. The summed E-state index contributed by atoms with van der Waals surface area (Å²) in [5.41, 5.74) is 6.50. The zero-order chi connectivity index (χ0) is 17.8. The Morgan fingerprint density at radius 1 is 1.32 bits per heavy atom. The molecular weight excluding hydrogens is 318 g/mol. The Morgan fingerprint density at radius 2 is 2.08 bits per heavy atom. The molecule has 0 saturated carbocycles. The minimum Gasteiger partial charge on any atom is -0.364 e. The molecule has 0 aliphatic carbocycles. The predicted molar refractivity (Wildman–Crippen MR) is 94.6 cm³/mol. The molecule has 0 bridgehead atoms. The van der Waals surface area contributed by atoms with Crippen LogP contribution < -0.4 is 11.1 Å². The number of nitrogens with zero attached hydrogens (tertiary/aromatic N) is 3. The highest BCUT2D eigenvalue weighted by Crippen LogP contribution is 2.15. The summed E-state index contributed by atoms with van der Waals surface area (Å²) in [6.07, 6.45) is 1.08. The van der Waals surface area contributed by atoms with Crippen molar-refractivity contribution >= 4 is 11.8 Å². The Bertz CT molecular complexity index is 756. The zero-order valence-corrected chi connectivity index (χ0v) is 14.3. The van der Waals surface area contributed by atoms with Gasteiger partial charge in [0.2, 0.25) is 0 Å². The highest BCUT2D eigenvalue weighted by Gasteiger charge is 2.23. The van der Waals surface area contributed by atoms with E-state index in [0.717, 1.165) is 26.1 Å². The first kappa shape index (κ1) is 17.2. The third kappa shape index (κ3) is 3.88. The van der Waals surface area contributed by atoms with Crippen molar-refractivity contribution in [2.75, 3.05) is 26.2 Å². The minimum atomic E-state index is -0.621. The third-order valence-electron chi connectivity index (χ3n) is 4.56. The van der Waals surface area contributed by atoms with Gasteiger partial charge in [0.15, 0.2) is 5.69 Å². The van der Waals surface area contributed by atoms with Gasteiger partial charge in [-0.2, -0.15) is 5.10 Å². The lowest BCUT2D eigenvalue weighted by Crippen LogP contribution is -2.31. The van der Waals surface area contributed by atoms with Crippen LogP contribution in [-0.4, -0.2) is 52.7 Å². The number of para-hydroxylation sites is 1. The van der Waals surface area contributed by atoms with Crippen LogP contribution in [0.15, 0.2) is 36.4 Å². The number of benzene rings is 1. The summed E-state index contributed by atoms with van der Waals surface area (Å²) in [5, 5.41) is 7.19. The fourth-order valence-corrected chi connectivity index (χ4v) is 3.13. The van der Waals surface area contributed by atoms with Crippen LogP contribution in [0, 0.1) is 5.92 Å². The highest BCUT2D eigenvalue weighted by atomic mass is 16.2. The molecule has 2 aromatic rings. The van der Waals surface area contributed by atoms with Crippen molar-refractivity contribution in [2.24, 2.45) is 11.7 Å². The lowest BCUT2D eigenvalue weighted by molar-refractivity contribution is 0.0941. The van der Waals surface area contributed by atoms with Gasteiger partial charge in [-0.25, -0.2) is 4.68 Å². The molecule has 1 unspecified atom stereocenters. The van der Waals surface area contributed by atoms with Gasteiger partial charge in [-0.3, -0.25) is 9.59 Å². The standard InChI is InChI=1S/C18H23N5O2/c1-2-22-9-8-13(12-22)11-20-18(25)15-10-16(17(19)24)23(21-15)14-6-4-3-5-7-14/h3-7,10,13H,2,8-9,11-12H2,1H3,(H2,19,24)(H,20,25). The maximum atomic E-state index is 12.4. The number of carbonyl (C=O) groups excluding carboxylic acids is 2. The number of hydrogen-bond donors (Lipinski definition) is 2. The van der Waals surface area contributed by atoms with Crippen molar-refractivity contribution < 1.29 is 9.59 Å². The highest BCUT2D eigenvalue weighted by molar-refractivity contribution is 5.97. The molecule has 7 heteroatoms. The van der Waals surface area contributed by atoms with E-state index in [1.165, 1.54) is 10.7 Å². The molecule has 3 N–H and O–H groups in total. The van der Waals surface area contributed by atoms with E-state index < -0.39 is 5.91 Å². The second kappa shape index (κ2) is 7.48. The number of nitrogens with one attached hydrogen (secondary N) is 1. The smallest absolute Gasteiger partial charge is 0.271 e. The Hall–Kier alpha value is -2.67. The Labute approximate surface area is 146 Å². The number of hydrogen-bond acceptors (Lipinski definition) is 4. The molecule has 1 aromatic heterocycles. The summed E-state index contributed by atoms with van der Waals surface area (Å²) in [7, 11) is 0. The molecule has 7 nitrogen and oxygen atoms in total. The van der Waals surface area contributed by atoms with Gasteiger partial charge < -0.3 is 16.0 Å². The number of primary amides is 1. The van der Waals surface area contributed by atoms with Crippen molar-refractivity contribution in [1.29, 1.82) is 0 Å². The molecule has 1 aliphatic heterocycles. The number of amides is 2.